The van der Waals surface area contributed by atoms with Gasteiger partial charge in [0.2, 0.25) is 5.97 Å². The van der Waals surface area contributed by atoms with Gasteiger partial charge in [-0.15, -0.1) is 0 Å². The third-order valence-electron chi connectivity index (χ3n) is 0.940. The van der Waals surface area contributed by atoms with Crippen molar-refractivity contribution in [1.82, 2.24) is 0 Å². The van der Waals surface area contributed by atoms with E-state index in [4.69, 9.17) is 5.41 Å². The molecule has 46 valence electrons. The molecule has 0 radical (unpaired) electrons. The first-order valence-corrected chi connectivity index (χ1v) is 2.40. The molecule has 1 heterocycles. The molecule has 1 rings (SSSR count). The Balaban J connectivity index is 2.95. The number of hydrogen-bond donors (Lipinski definition) is 1. The van der Waals surface area contributed by atoms with Crippen molar-refractivity contribution in [2.45, 2.75) is 0 Å². The average molecular weight is 124 g/mol. The van der Waals surface area contributed by atoms with Crippen LogP contribution >= 0.6 is 0 Å². The van der Waals surface area contributed by atoms with Crippen molar-refractivity contribution in [3.63, 3.8) is 0 Å². The molecule has 0 unspecified atom stereocenters. The van der Waals surface area contributed by atoms with E-state index in [1.54, 1.807) is 0 Å². The monoisotopic (exact) mass is 124 g/mol. The molecular weight excluding hydrogens is 119 g/mol. The lowest BCUT2D eigenvalue weighted by Gasteiger charge is -2.00. The first-order chi connectivity index (χ1) is 4.20. The van der Waals surface area contributed by atoms with Gasteiger partial charge in [0.25, 0.3) is 0 Å². The van der Waals surface area contributed by atoms with Crippen LogP contribution in [0.15, 0.2) is 29.4 Å². The topological polar surface area (TPSA) is 36.2 Å². The van der Waals surface area contributed by atoms with E-state index in [0.717, 1.165) is 6.08 Å². The molecule has 0 aromatic heterocycles. The summed E-state index contributed by atoms with van der Waals surface area (Å²) in [5.41, 5.74) is 0.339. The van der Waals surface area contributed by atoms with Gasteiger partial charge in [-0.3, -0.25) is 5.41 Å². The number of halogens is 1. The minimum Gasteiger partial charge on any atom is -0.299 e. The van der Waals surface area contributed by atoms with Gasteiger partial charge in [0.15, 0.2) is 0 Å². The van der Waals surface area contributed by atoms with Gasteiger partial charge < -0.3 is 0 Å². The van der Waals surface area contributed by atoms with Crippen molar-refractivity contribution in [3.05, 3.63) is 24.4 Å². The van der Waals surface area contributed by atoms with Gasteiger partial charge in [-0.1, -0.05) is 6.58 Å². The lowest BCUT2D eigenvalue weighted by atomic mass is 10.2. The fraction of sp³-hybridized carbons (Fsp3) is 0. The molecule has 0 aliphatic carbocycles. The maximum Gasteiger partial charge on any atom is 0.213 e. The molecular formula is C6H5FN2. The molecule has 0 fully saturated rings. The standard InChI is InChI=1S/C6H5FN2/c1-4-5(8)2-3-6(7)9-4/h2-3,8H,1H2. The maximum atomic E-state index is 12.1. The molecule has 1 N–H and O–H groups in total. The highest BCUT2D eigenvalue weighted by molar-refractivity contribution is 6.12. The number of nitrogens with one attached hydrogen (secondary N) is 1. The van der Waals surface area contributed by atoms with Gasteiger partial charge in [0, 0.05) is 0 Å². The Bertz CT molecular complexity index is 225. The molecule has 1 aliphatic rings. The molecule has 0 saturated carbocycles. The van der Waals surface area contributed by atoms with Crippen molar-refractivity contribution in [2.24, 2.45) is 4.99 Å². The van der Waals surface area contributed by atoms with E-state index in [1.165, 1.54) is 6.08 Å². The molecule has 0 aromatic rings. The van der Waals surface area contributed by atoms with E-state index in [2.05, 4.69) is 11.6 Å². The summed E-state index contributed by atoms with van der Waals surface area (Å²) < 4.78 is 12.1. The van der Waals surface area contributed by atoms with Crippen molar-refractivity contribution in [1.29, 1.82) is 5.41 Å². The molecule has 0 atom stereocenters. The molecule has 2 nitrogen and oxygen atoms in total. The van der Waals surface area contributed by atoms with Crippen LogP contribution in [0.2, 0.25) is 0 Å². The quantitative estimate of drug-likeness (QED) is 0.507. The van der Waals surface area contributed by atoms with E-state index in [9.17, 15) is 4.39 Å². The van der Waals surface area contributed by atoms with Gasteiger partial charge in [-0.05, 0) is 12.2 Å². The Hall–Kier alpha value is -1.25. The number of nitrogens with zero attached hydrogens (tertiary/aromatic N) is 1. The van der Waals surface area contributed by atoms with Gasteiger partial charge >= 0.3 is 0 Å². The van der Waals surface area contributed by atoms with E-state index in [1.807, 2.05) is 0 Å². The van der Waals surface area contributed by atoms with Crippen LogP contribution < -0.4 is 0 Å². The summed E-state index contributed by atoms with van der Waals surface area (Å²) in [6, 6.07) is 0. The van der Waals surface area contributed by atoms with E-state index >= 15 is 0 Å². The summed E-state index contributed by atoms with van der Waals surface area (Å²) in [7, 11) is 0. The Labute approximate surface area is 51.9 Å². The Morgan fingerprint density at radius 1 is 1.56 bits per heavy atom. The number of dihydropyridines is 1. The number of hydrogen-bond acceptors (Lipinski definition) is 2. The molecule has 0 spiro atoms. The summed E-state index contributed by atoms with van der Waals surface area (Å²) >= 11 is 0. The van der Waals surface area contributed by atoms with Gasteiger partial charge in [-0.25, -0.2) is 4.99 Å². The highest BCUT2D eigenvalue weighted by Crippen LogP contribution is 2.04. The number of allylic oxidation sites excluding steroid dienone is 2. The molecule has 0 aromatic carbocycles. The molecule has 1 aliphatic heterocycles. The Morgan fingerprint density at radius 2 is 2.22 bits per heavy atom. The van der Waals surface area contributed by atoms with Crippen molar-refractivity contribution in [2.75, 3.05) is 0 Å². The zero-order valence-electron chi connectivity index (χ0n) is 4.69. The predicted molar refractivity (Wildman–Crippen MR) is 34.5 cm³/mol. The van der Waals surface area contributed by atoms with Gasteiger partial charge in [0.1, 0.15) is 0 Å². The lowest BCUT2D eigenvalue weighted by molar-refractivity contribution is 0.810. The van der Waals surface area contributed by atoms with Crippen LogP contribution in [0.4, 0.5) is 4.39 Å². The first-order valence-electron chi connectivity index (χ1n) is 2.40. The highest BCUT2D eigenvalue weighted by atomic mass is 19.1. The van der Waals surface area contributed by atoms with Crippen molar-refractivity contribution in [3.8, 4) is 0 Å². The highest BCUT2D eigenvalue weighted by Gasteiger charge is 2.03. The maximum absolute atomic E-state index is 12.1. The van der Waals surface area contributed by atoms with Crippen LogP contribution in [0.3, 0.4) is 0 Å². The summed E-state index contributed by atoms with van der Waals surface area (Å²) in [5, 5.41) is 7.02. The minimum atomic E-state index is -0.587. The summed E-state index contributed by atoms with van der Waals surface area (Å²) in [6.07, 6.45) is 2.46. The number of rotatable bonds is 0. The molecule has 3 heteroatoms. The number of aliphatic imine (C=N–C) groups is 1. The van der Waals surface area contributed by atoms with Crippen molar-refractivity contribution >= 4 is 11.7 Å². The minimum absolute atomic E-state index is 0.163. The lowest BCUT2D eigenvalue weighted by Crippen LogP contribution is -2.01. The molecule has 9 heavy (non-hydrogen) atoms. The molecule has 0 amide bonds. The van der Waals surface area contributed by atoms with E-state index in [0.29, 0.717) is 0 Å². The summed E-state index contributed by atoms with van der Waals surface area (Å²) in [5.74, 6) is -0.587. The third kappa shape index (κ3) is 1.10. The fourth-order valence-electron chi connectivity index (χ4n) is 0.475. The van der Waals surface area contributed by atoms with Crippen LogP contribution in [0.25, 0.3) is 0 Å². The van der Waals surface area contributed by atoms with Gasteiger partial charge in [0.05, 0.1) is 11.4 Å². The SMILES string of the molecule is C=C1N=C(F)C=CC1=N. The summed E-state index contributed by atoms with van der Waals surface area (Å²) in [6.45, 7) is 3.34. The van der Waals surface area contributed by atoms with Crippen LogP contribution in [0, 0.1) is 5.41 Å². The zero-order valence-corrected chi connectivity index (χ0v) is 4.69. The first kappa shape index (κ1) is 5.88. The van der Waals surface area contributed by atoms with Crippen LogP contribution in [-0.2, 0) is 0 Å². The second kappa shape index (κ2) is 1.93. The smallest absolute Gasteiger partial charge is 0.213 e. The summed E-state index contributed by atoms with van der Waals surface area (Å²) in [4.78, 5) is 3.31. The second-order valence-electron chi connectivity index (χ2n) is 1.63. The Morgan fingerprint density at radius 3 is 2.67 bits per heavy atom. The van der Waals surface area contributed by atoms with E-state index in [-0.39, 0.29) is 11.4 Å². The molecule has 0 saturated heterocycles. The Kier molecular flexibility index (Phi) is 1.26. The van der Waals surface area contributed by atoms with Crippen LogP contribution in [0.5, 0.6) is 0 Å². The van der Waals surface area contributed by atoms with Gasteiger partial charge in [-0.2, -0.15) is 4.39 Å². The average Bonchev–Trinajstić information content (AvgIpc) is 1.80. The second-order valence-corrected chi connectivity index (χ2v) is 1.63. The zero-order chi connectivity index (χ0) is 6.85. The fourth-order valence-corrected chi connectivity index (χ4v) is 0.475. The normalized spacial score (nSPS) is 18.1. The molecule has 0 bridgehead atoms. The van der Waals surface area contributed by atoms with Crippen LogP contribution in [0.1, 0.15) is 0 Å². The largest absolute Gasteiger partial charge is 0.299 e. The van der Waals surface area contributed by atoms with E-state index < -0.39 is 5.97 Å². The van der Waals surface area contributed by atoms with Crippen LogP contribution in [-0.4, -0.2) is 11.7 Å². The third-order valence-corrected chi connectivity index (χ3v) is 0.940. The predicted octanol–water partition coefficient (Wildman–Crippen LogP) is 1.46. The van der Waals surface area contributed by atoms with Crippen molar-refractivity contribution < 1.29 is 4.39 Å².